The molecular weight excluding hydrogens is 410 g/mol. The van der Waals surface area contributed by atoms with Gasteiger partial charge in [0.2, 0.25) is 5.91 Å². The van der Waals surface area contributed by atoms with Gasteiger partial charge in [-0.2, -0.15) is 5.10 Å². The number of likely N-dealkylation sites (tertiary alicyclic amines) is 1. The number of aryl methyl sites for hydroxylation is 1. The van der Waals surface area contributed by atoms with E-state index < -0.39 is 15.3 Å². The van der Waals surface area contributed by atoms with Crippen LogP contribution in [-0.4, -0.2) is 48.8 Å². The van der Waals surface area contributed by atoms with Crippen LogP contribution in [0.5, 0.6) is 0 Å². The first-order valence-corrected chi connectivity index (χ1v) is 13.3. The predicted octanol–water partition coefficient (Wildman–Crippen LogP) is 3.80. The lowest BCUT2D eigenvalue weighted by Gasteiger charge is -2.43. The van der Waals surface area contributed by atoms with Crippen LogP contribution in [0.3, 0.4) is 0 Å². The van der Waals surface area contributed by atoms with Crippen molar-refractivity contribution in [3.63, 3.8) is 0 Å². The molecule has 6 nitrogen and oxygen atoms in total. The number of benzene rings is 1. The topological polar surface area (TPSA) is 83.1 Å². The van der Waals surface area contributed by atoms with Crippen LogP contribution in [-0.2, 0) is 26.5 Å². The molecule has 0 spiro atoms. The highest BCUT2D eigenvalue weighted by atomic mass is 32.2. The number of nitrogens with zero attached hydrogens (tertiary/aromatic N) is 2. The first-order chi connectivity index (χ1) is 14.8. The highest BCUT2D eigenvalue weighted by Gasteiger charge is 2.44. The van der Waals surface area contributed by atoms with E-state index >= 15 is 0 Å². The average Bonchev–Trinajstić information content (AvgIpc) is 3.23. The number of hydrogen-bond donors (Lipinski definition) is 1. The standard InChI is InChI=1S/C24H33N3O3S/c1-18-8-10-20(11-9-18)24(12-4-3-5-13-24)23(28)27-14-6-7-19(17-27)15-21-22(16-25-26-21)31(2,29)30/h8-11,16,19H,3-7,12-15,17H2,1-2H3,(H,25,26)/t19-/m0/s1. The van der Waals surface area contributed by atoms with Gasteiger partial charge in [0.1, 0.15) is 4.90 Å². The van der Waals surface area contributed by atoms with Crippen LogP contribution in [0.4, 0.5) is 0 Å². The molecular formula is C24H33N3O3S. The fraction of sp³-hybridized carbons (Fsp3) is 0.583. The van der Waals surface area contributed by atoms with Gasteiger partial charge in [0, 0.05) is 19.3 Å². The van der Waals surface area contributed by atoms with E-state index in [2.05, 4.69) is 46.3 Å². The molecule has 1 saturated heterocycles. The van der Waals surface area contributed by atoms with Crippen LogP contribution in [0, 0.1) is 12.8 Å². The largest absolute Gasteiger partial charge is 0.342 e. The quantitative estimate of drug-likeness (QED) is 0.762. The Hall–Kier alpha value is -2.15. The van der Waals surface area contributed by atoms with Crippen molar-refractivity contribution in [1.82, 2.24) is 15.1 Å². The monoisotopic (exact) mass is 443 g/mol. The lowest BCUT2D eigenvalue weighted by molar-refractivity contribution is -0.140. The van der Waals surface area contributed by atoms with Gasteiger partial charge in [-0.3, -0.25) is 9.89 Å². The van der Waals surface area contributed by atoms with Crippen molar-refractivity contribution in [3.05, 3.63) is 47.3 Å². The lowest BCUT2D eigenvalue weighted by atomic mass is 9.68. The summed E-state index contributed by atoms with van der Waals surface area (Å²) in [5.41, 5.74) is 2.60. The maximum absolute atomic E-state index is 13.9. The molecule has 2 heterocycles. The van der Waals surface area contributed by atoms with Gasteiger partial charge in [-0.25, -0.2) is 8.42 Å². The minimum absolute atomic E-state index is 0.234. The fourth-order valence-electron chi connectivity index (χ4n) is 5.43. The summed E-state index contributed by atoms with van der Waals surface area (Å²) < 4.78 is 24.1. The van der Waals surface area contributed by atoms with E-state index in [1.807, 2.05) is 0 Å². The minimum Gasteiger partial charge on any atom is -0.342 e. The molecule has 0 radical (unpaired) electrons. The van der Waals surface area contributed by atoms with E-state index in [1.165, 1.54) is 24.4 Å². The van der Waals surface area contributed by atoms with Crippen molar-refractivity contribution in [2.24, 2.45) is 5.92 Å². The van der Waals surface area contributed by atoms with Gasteiger partial charge < -0.3 is 4.90 Å². The van der Waals surface area contributed by atoms with Crippen molar-refractivity contribution in [2.75, 3.05) is 19.3 Å². The van der Waals surface area contributed by atoms with E-state index in [1.54, 1.807) is 0 Å². The van der Waals surface area contributed by atoms with Crippen LogP contribution in [0.25, 0.3) is 0 Å². The summed E-state index contributed by atoms with van der Waals surface area (Å²) in [4.78, 5) is 16.3. The summed E-state index contributed by atoms with van der Waals surface area (Å²) in [7, 11) is -3.31. The number of H-pyrrole nitrogens is 1. The molecule has 1 aliphatic carbocycles. The Morgan fingerprint density at radius 2 is 1.87 bits per heavy atom. The van der Waals surface area contributed by atoms with Gasteiger partial charge in [0.15, 0.2) is 9.84 Å². The Labute approximate surface area is 185 Å². The number of rotatable bonds is 5. The molecule has 168 valence electrons. The molecule has 31 heavy (non-hydrogen) atoms. The van der Waals surface area contributed by atoms with Gasteiger partial charge >= 0.3 is 0 Å². The van der Waals surface area contributed by atoms with Crippen molar-refractivity contribution in [1.29, 1.82) is 0 Å². The van der Waals surface area contributed by atoms with Crippen molar-refractivity contribution in [2.45, 2.75) is 68.6 Å². The molecule has 0 bridgehead atoms. The third-order valence-corrected chi connectivity index (χ3v) is 8.25. The van der Waals surface area contributed by atoms with E-state index in [-0.39, 0.29) is 16.7 Å². The Morgan fingerprint density at radius 3 is 2.55 bits per heavy atom. The van der Waals surface area contributed by atoms with Crippen LogP contribution in [0.15, 0.2) is 35.4 Å². The third kappa shape index (κ3) is 4.56. The third-order valence-electron chi connectivity index (χ3n) is 7.10. The second kappa shape index (κ2) is 8.77. The number of sulfone groups is 1. The molecule has 1 aliphatic heterocycles. The summed E-state index contributed by atoms with van der Waals surface area (Å²) in [5, 5.41) is 6.83. The second-order valence-corrected chi connectivity index (χ2v) is 11.4. The zero-order valence-electron chi connectivity index (χ0n) is 18.6. The number of amides is 1. The summed E-state index contributed by atoms with van der Waals surface area (Å²) in [6, 6.07) is 8.51. The Balaban J connectivity index is 1.54. The van der Waals surface area contributed by atoms with Crippen LogP contribution < -0.4 is 0 Å². The van der Waals surface area contributed by atoms with Crippen molar-refractivity contribution in [3.8, 4) is 0 Å². The fourth-order valence-corrected chi connectivity index (χ4v) is 6.25. The molecule has 2 aromatic rings. The van der Waals surface area contributed by atoms with Gasteiger partial charge in [0.05, 0.1) is 17.3 Å². The summed E-state index contributed by atoms with van der Waals surface area (Å²) in [6.07, 6.45) is 10.3. The molecule has 1 N–H and O–H groups in total. The zero-order valence-corrected chi connectivity index (χ0v) is 19.4. The van der Waals surface area contributed by atoms with Crippen molar-refractivity contribution < 1.29 is 13.2 Å². The molecule has 1 aromatic heterocycles. The average molecular weight is 444 g/mol. The second-order valence-electron chi connectivity index (χ2n) is 9.46. The predicted molar refractivity (Wildman–Crippen MR) is 121 cm³/mol. The lowest BCUT2D eigenvalue weighted by Crippen LogP contribution is -2.51. The number of aromatic amines is 1. The van der Waals surface area contributed by atoms with Crippen molar-refractivity contribution >= 4 is 15.7 Å². The SMILES string of the molecule is Cc1ccc(C2(C(=O)N3CCC[C@@H](Cc4[nH]ncc4S(C)(=O)=O)C3)CCCCC2)cc1. The van der Waals surface area contributed by atoms with E-state index in [0.717, 1.165) is 50.6 Å². The molecule has 2 aliphatic rings. The zero-order chi connectivity index (χ0) is 22.1. The maximum atomic E-state index is 13.9. The van der Waals surface area contributed by atoms with E-state index in [9.17, 15) is 13.2 Å². The van der Waals surface area contributed by atoms with Gasteiger partial charge in [-0.15, -0.1) is 0 Å². The molecule has 7 heteroatoms. The number of carbonyl (C=O) groups excluding carboxylic acids is 1. The number of hydrogen-bond acceptors (Lipinski definition) is 4. The normalized spacial score (nSPS) is 21.7. The van der Waals surface area contributed by atoms with Crippen LogP contribution in [0.2, 0.25) is 0 Å². The summed E-state index contributed by atoms with van der Waals surface area (Å²) in [6.45, 7) is 3.54. The molecule has 1 saturated carbocycles. The van der Waals surface area contributed by atoms with Gasteiger partial charge in [-0.1, -0.05) is 49.1 Å². The Kier molecular flexibility index (Phi) is 6.24. The molecule has 1 amide bonds. The first kappa shape index (κ1) is 22.1. The van der Waals surface area contributed by atoms with Crippen LogP contribution in [0.1, 0.15) is 61.8 Å². The number of nitrogens with one attached hydrogen (secondary N) is 1. The molecule has 0 unspecified atom stereocenters. The molecule has 4 rings (SSSR count). The highest BCUT2D eigenvalue weighted by molar-refractivity contribution is 7.90. The smallest absolute Gasteiger partial charge is 0.233 e. The Bertz CT molecular complexity index is 1020. The van der Waals surface area contributed by atoms with E-state index in [4.69, 9.17) is 0 Å². The van der Waals surface area contributed by atoms with Gasteiger partial charge in [0.25, 0.3) is 0 Å². The highest BCUT2D eigenvalue weighted by Crippen LogP contribution is 2.42. The molecule has 1 aromatic carbocycles. The number of carbonyl (C=O) groups is 1. The molecule has 2 fully saturated rings. The van der Waals surface area contributed by atoms with E-state index in [0.29, 0.717) is 18.7 Å². The summed E-state index contributed by atoms with van der Waals surface area (Å²) in [5.74, 6) is 0.492. The van der Waals surface area contributed by atoms with Crippen LogP contribution >= 0.6 is 0 Å². The minimum atomic E-state index is -3.31. The first-order valence-electron chi connectivity index (χ1n) is 11.4. The maximum Gasteiger partial charge on any atom is 0.233 e. The molecule has 1 atom stereocenters. The Morgan fingerprint density at radius 1 is 1.16 bits per heavy atom. The van der Waals surface area contributed by atoms with Gasteiger partial charge in [-0.05, 0) is 50.5 Å². The summed E-state index contributed by atoms with van der Waals surface area (Å²) >= 11 is 0. The number of aromatic nitrogens is 2. The number of piperidine rings is 1.